The summed E-state index contributed by atoms with van der Waals surface area (Å²) in [7, 11) is 0. The molecule has 0 aromatic carbocycles. The number of carbonyl (C=O) groups is 1. The van der Waals surface area contributed by atoms with Crippen molar-refractivity contribution in [1.29, 1.82) is 0 Å². The molecule has 1 fully saturated rings. The van der Waals surface area contributed by atoms with Gasteiger partial charge in [-0.25, -0.2) is 0 Å². The van der Waals surface area contributed by atoms with Gasteiger partial charge in [0.05, 0.1) is 0 Å². The molecule has 104 valence electrons. The van der Waals surface area contributed by atoms with Crippen LogP contribution < -0.4 is 0 Å². The molecule has 1 aliphatic heterocycles. The van der Waals surface area contributed by atoms with E-state index in [1.807, 2.05) is 40.7 Å². The molecule has 4 heteroatoms. The number of hydrogen-bond donors (Lipinski definition) is 1. The fourth-order valence-electron chi connectivity index (χ4n) is 1.91. The van der Waals surface area contributed by atoms with Gasteiger partial charge in [-0.3, -0.25) is 4.79 Å². The lowest BCUT2D eigenvalue weighted by atomic mass is 9.92. The molecular weight excluding hydrogens is 248 g/mol. The van der Waals surface area contributed by atoms with Crippen LogP contribution in [0, 0.1) is 5.41 Å². The molecule has 0 saturated carbocycles. The molecule has 3 nitrogen and oxygen atoms in total. The molecule has 0 aromatic heterocycles. The van der Waals surface area contributed by atoms with E-state index >= 15 is 0 Å². The molecule has 1 rings (SSSR count). The highest BCUT2D eigenvalue weighted by atomic mass is 32.2. The van der Waals surface area contributed by atoms with Gasteiger partial charge in [0.15, 0.2) is 5.60 Å². The van der Waals surface area contributed by atoms with Crippen molar-refractivity contribution < 1.29 is 14.6 Å². The Hall–Kier alpha value is -0.320. The zero-order valence-corrected chi connectivity index (χ0v) is 12.9. The largest absolute Gasteiger partial charge is 0.385 e. The summed E-state index contributed by atoms with van der Waals surface area (Å²) in [4.78, 5) is 12.2. The fourth-order valence-corrected chi connectivity index (χ4v) is 3.10. The van der Waals surface area contributed by atoms with Gasteiger partial charge in [0.1, 0.15) is 11.5 Å². The predicted octanol–water partition coefficient (Wildman–Crippen LogP) is 3.12. The molecule has 3 unspecified atom stereocenters. The Morgan fingerprint density at radius 3 is 2.56 bits per heavy atom. The summed E-state index contributed by atoms with van der Waals surface area (Å²) >= 11 is 1.19. The van der Waals surface area contributed by atoms with Gasteiger partial charge < -0.3 is 9.84 Å². The molecule has 0 bridgehead atoms. The van der Waals surface area contributed by atoms with Crippen LogP contribution in [0.25, 0.3) is 0 Å². The minimum Gasteiger partial charge on any atom is -0.385 e. The topological polar surface area (TPSA) is 46.5 Å². The number of rotatable bonds is 3. The smallest absolute Gasteiger partial charge is 0.226 e. The summed E-state index contributed by atoms with van der Waals surface area (Å²) in [6, 6.07) is 0. The summed E-state index contributed by atoms with van der Waals surface area (Å²) in [5.74, 6) is 0. The van der Waals surface area contributed by atoms with Crippen LogP contribution in [0.5, 0.6) is 0 Å². The van der Waals surface area contributed by atoms with Crippen LogP contribution in [0.1, 0.15) is 48.0 Å². The normalized spacial score (nSPS) is 31.8. The van der Waals surface area contributed by atoms with Crippen molar-refractivity contribution >= 4 is 16.9 Å². The van der Waals surface area contributed by atoms with Crippen LogP contribution in [0.4, 0.5) is 0 Å². The molecule has 1 N–H and O–H groups in total. The van der Waals surface area contributed by atoms with Crippen molar-refractivity contribution in [3.63, 3.8) is 0 Å². The van der Waals surface area contributed by atoms with Gasteiger partial charge in [0.2, 0.25) is 5.12 Å². The standard InChI is InChI=1S/C14H24O3S/c1-7-8-9(2)10(15)14(6)11(16)18-12(17-14)13(3,4)5/h8,10,12,15H,7H2,1-6H3/b9-8+. The maximum absolute atomic E-state index is 12.2. The van der Waals surface area contributed by atoms with Crippen LogP contribution in [0.15, 0.2) is 11.6 Å². The third-order valence-corrected chi connectivity index (χ3v) is 4.79. The molecule has 0 spiro atoms. The van der Waals surface area contributed by atoms with Crippen molar-refractivity contribution in [1.82, 2.24) is 0 Å². The number of ether oxygens (including phenoxy) is 1. The van der Waals surface area contributed by atoms with Crippen molar-refractivity contribution in [2.75, 3.05) is 0 Å². The van der Waals surface area contributed by atoms with Crippen molar-refractivity contribution in [3.05, 3.63) is 11.6 Å². The molecule has 0 amide bonds. The number of hydrogen-bond acceptors (Lipinski definition) is 4. The van der Waals surface area contributed by atoms with E-state index in [-0.39, 0.29) is 16.0 Å². The minimum atomic E-state index is -1.13. The molecule has 0 aliphatic carbocycles. The molecular formula is C14H24O3S. The van der Waals surface area contributed by atoms with Crippen molar-refractivity contribution in [2.45, 2.75) is 65.1 Å². The first-order valence-electron chi connectivity index (χ1n) is 6.36. The van der Waals surface area contributed by atoms with E-state index < -0.39 is 11.7 Å². The maximum Gasteiger partial charge on any atom is 0.226 e. The van der Waals surface area contributed by atoms with E-state index in [4.69, 9.17) is 4.74 Å². The summed E-state index contributed by atoms with van der Waals surface area (Å²) in [6.07, 6.45) is 1.90. The molecule has 3 atom stereocenters. The van der Waals surface area contributed by atoms with Gasteiger partial charge in [0, 0.05) is 0 Å². The first-order chi connectivity index (χ1) is 8.13. The Balaban J connectivity index is 2.94. The first-order valence-corrected chi connectivity index (χ1v) is 7.24. The van der Waals surface area contributed by atoms with Crippen molar-refractivity contribution in [2.24, 2.45) is 5.41 Å². The Bertz CT molecular complexity index is 357. The van der Waals surface area contributed by atoms with Crippen LogP contribution in [0.2, 0.25) is 0 Å². The predicted molar refractivity (Wildman–Crippen MR) is 75.4 cm³/mol. The molecule has 18 heavy (non-hydrogen) atoms. The second-order valence-corrected chi connectivity index (χ2v) is 7.12. The van der Waals surface area contributed by atoms with E-state index in [1.54, 1.807) is 6.92 Å². The summed E-state index contributed by atoms with van der Waals surface area (Å²) in [5.41, 5.74) is -0.666. The maximum atomic E-state index is 12.2. The number of thioether (sulfide) groups is 1. The summed E-state index contributed by atoms with van der Waals surface area (Å²) < 4.78 is 5.88. The molecule has 0 aromatic rings. The second kappa shape index (κ2) is 5.35. The first kappa shape index (κ1) is 15.7. The van der Waals surface area contributed by atoms with E-state index in [9.17, 15) is 9.90 Å². The van der Waals surface area contributed by atoms with E-state index in [2.05, 4.69) is 0 Å². The van der Waals surface area contributed by atoms with Crippen LogP contribution in [-0.2, 0) is 9.53 Å². The second-order valence-electron chi connectivity index (χ2n) is 6.09. The van der Waals surface area contributed by atoms with Gasteiger partial charge in [-0.05, 0) is 31.3 Å². The van der Waals surface area contributed by atoms with Gasteiger partial charge in [-0.2, -0.15) is 0 Å². The van der Waals surface area contributed by atoms with E-state index in [0.29, 0.717) is 0 Å². The average molecular weight is 272 g/mol. The lowest BCUT2D eigenvalue weighted by Crippen LogP contribution is -2.46. The third-order valence-electron chi connectivity index (χ3n) is 3.16. The van der Waals surface area contributed by atoms with Crippen LogP contribution in [0.3, 0.4) is 0 Å². The van der Waals surface area contributed by atoms with Crippen molar-refractivity contribution in [3.8, 4) is 0 Å². The van der Waals surface area contributed by atoms with Gasteiger partial charge in [-0.15, -0.1) is 0 Å². The number of allylic oxidation sites excluding steroid dienone is 1. The molecule has 1 heterocycles. The lowest BCUT2D eigenvalue weighted by Gasteiger charge is -2.31. The van der Waals surface area contributed by atoms with E-state index in [1.165, 1.54) is 11.8 Å². The Labute approximate surface area is 114 Å². The third kappa shape index (κ3) is 2.98. The van der Waals surface area contributed by atoms with E-state index in [0.717, 1.165) is 12.0 Å². The monoisotopic (exact) mass is 272 g/mol. The van der Waals surface area contributed by atoms with Gasteiger partial charge in [-0.1, -0.05) is 45.5 Å². The van der Waals surface area contributed by atoms with Gasteiger partial charge in [0.25, 0.3) is 0 Å². The average Bonchev–Trinajstić information content (AvgIpc) is 2.55. The highest BCUT2D eigenvalue weighted by Gasteiger charge is 2.53. The zero-order valence-electron chi connectivity index (χ0n) is 12.1. The van der Waals surface area contributed by atoms with Crippen LogP contribution >= 0.6 is 11.8 Å². The Morgan fingerprint density at radius 2 is 2.17 bits per heavy atom. The molecule has 1 saturated heterocycles. The highest BCUT2D eigenvalue weighted by molar-refractivity contribution is 8.14. The van der Waals surface area contributed by atoms with Crippen LogP contribution in [-0.4, -0.2) is 27.4 Å². The minimum absolute atomic E-state index is 0.0845. The number of carbonyl (C=O) groups excluding carboxylic acids is 1. The summed E-state index contributed by atoms with van der Waals surface area (Å²) in [6.45, 7) is 11.6. The quantitative estimate of drug-likeness (QED) is 0.802. The Morgan fingerprint density at radius 1 is 1.61 bits per heavy atom. The lowest BCUT2D eigenvalue weighted by molar-refractivity contribution is -0.148. The van der Waals surface area contributed by atoms with Gasteiger partial charge >= 0.3 is 0 Å². The fraction of sp³-hybridized carbons (Fsp3) is 0.786. The Kier molecular flexibility index (Phi) is 4.68. The zero-order chi connectivity index (χ0) is 14.1. The molecule has 1 aliphatic rings. The SMILES string of the molecule is CC/C=C(\C)C(O)C1(C)OC(C(C)(C)C)SC1=O. The highest BCUT2D eigenvalue weighted by Crippen LogP contribution is 2.45. The number of aliphatic hydroxyl groups excluding tert-OH is 1. The number of aliphatic hydroxyl groups is 1. The molecule has 0 radical (unpaired) electrons. The summed E-state index contributed by atoms with van der Waals surface area (Å²) in [5, 5.41) is 10.2.